The molecule has 0 saturated carbocycles. The van der Waals surface area contributed by atoms with Crippen molar-refractivity contribution < 1.29 is 39.7 Å². The normalized spacial score (nSPS) is 15.4. The van der Waals surface area contributed by atoms with Gasteiger partial charge >= 0.3 is 5.89 Å². The van der Waals surface area contributed by atoms with Gasteiger partial charge in [0.15, 0.2) is 12.3 Å². The summed E-state index contributed by atoms with van der Waals surface area (Å²) in [6.45, 7) is 3.94. The van der Waals surface area contributed by atoms with Gasteiger partial charge in [-0.3, -0.25) is 9.11 Å². The van der Waals surface area contributed by atoms with E-state index in [0.29, 0.717) is 40.2 Å². The summed E-state index contributed by atoms with van der Waals surface area (Å²) in [4.78, 5) is 1.79. The first-order valence-corrected chi connectivity index (χ1v) is 17.9. The van der Waals surface area contributed by atoms with Crippen LogP contribution in [0.25, 0.3) is 27.8 Å². The predicted molar refractivity (Wildman–Crippen MR) is 174 cm³/mol. The fourth-order valence-electron chi connectivity index (χ4n) is 5.16. The molecule has 2 N–H and O–H groups in total. The van der Waals surface area contributed by atoms with E-state index >= 15 is 0 Å². The Kier molecular flexibility index (Phi) is 9.71. The van der Waals surface area contributed by atoms with Crippen LogP contribution < -0.4 is 14.2 Å². The van der Waals surface area contributed by atoms with Crippen LogP contribution in [0.1, 0.15) is 39.0 Å². The minimum absolute atomic E-state index is 0.148. The zero-order valence-electron chi connectivity index (χ0n) is 24.8. The Labute approximate surface area is 267 Å². The van der Waals surface area contributed by atoms with E-state index in [1.165, 1.54) is 6.92 Å². The Balaban J connectivity index is 1.56. The van der Waals surface area contributed by atoms with Crippen LogP contribution in [-0.4, -0.2) is 43.5 Å². The lowest BCUT2D eigenvalue weighted by molar-refractivity contribution is -0.678. The van der Waals surface area contributed by atoms with Crippen molar-refractivity contribution in [3.8, 4) is 16.9 Å². The van der Waals surface area contributed by atoms with Crippen molar-refractivity contribution in [3.05, 3.63) is 95.7 Å². The van der Waals surface area contributed by atoms with Gasteiger partial charge in [-0.2, -0.15) is 21.4 Å². The summed E-state index contributed by atoms with van der Waals surface area (Å²) in [5.41, 5.74) is 4.82. The molecule has 0 radical (unpaired) electrons. The molecule has 2 heterocycles. The quantitative estimate of drug-likeness (QED) is 0.127. The average molecular weight is 674 g/mol. The summed E-state index contributed by atoms with van der Waals surface area (Å²) in [5, 5.41) is -0.495. The first-order chi connectivity index (χ1) is 21.3. The van der Waals surface area contributed by atoms with Gasteiger partial charge in [-0.25, -0.2) is 0 Å². The fraction of sp³-hybridized carbons (Fsp3) is 0.281. The summed E-state index contributed by atoms with van der Waals surface area (Å²) in [6, 6.07) is 20.9. The predicted octanol–water partition coefficient (Wildman–Crippen LogP) is 6.52. The van der Waals surface area contributed by atoms with Gasteiger partial charge in [-0.15, -0.1) is 0 Å². The smallest absolute Gasteiger partial charge is 0.377 e. The van der Waals surface area contributed by atoms with E-state index in [4.69, 9.17) is 20.8 Å². The minimum Gasteiger partial charge on any atom is -0.439 e. The molecular formula is C32H34ClN2O8S2+. The lowest BCUT2D eigenvalue weighted by atomic mass is 10.1. The van der Waals surface area contributed by atoms with E-state index < -0.39 is 31.2 Å². The van der Waals surface area contributed by atoms with Crippen molar-refractivity contribution in [2.24, 2.45) is 0 Å². The molecule has 1 atom stereocenters. The maximum absolute atomic E-state index is 11.8. The molecule has 4 aromatic rings. The van der Waals surface area contributed by atoms with E-state index in [2.05, 4.69) is 0 Å². The van der Waals surface area contributed by atoms with Gasteiger partial charge in [0.05, 0.1) is 22.3 Å². The third kappa shape index (κ3) is 7.77. The second-order valence-electron chi connectivity index (χ2n) is 10.8. The molecular weight excluding hydrogens is 640 g/mol. The molecule has 1 aliphatic rings. The van der Waals surface area contributed by atoms with E-state index in [1.54, 1.807) is 29.2 Å². The van der Waals surface area contributed by atoms with Crippen molar-refractivity contribution >= 4 is 54.2 Å². The van der Waals surface area contributed by atoms with E-state index in [-0.39, 0.29) is 25.9 Å². The van der Waals surface area contributed by atoms with Crippen LogP contribution in [0.5, 0.6) is 5.75 Å². The topological polar surface area (TPSA) is 138 Å². The Morgan fingerprint density at radius 1 is 1.02 bits per heavy atom. The summed E-state index contributed by atoms with van der Waals surface area (Å²) in [6.07, 6.45) is 4.45. The maximum Gasteiger partial charge on any atom is 0.377 e. The number of rotatable bonds is 12. The summed E-state index contributed by atoms with van der Waals surface area (Å²) in [7, 11) is -8.36. The Morgan fingerprint density at radius 2 is 1.78 bits per heavy atom. The number of ether oxygens (including phenoxy) is 1. The molecule has 0 aliphatic carbocycles. The molecule has 13 heteroatoms. The van der Waals surface area contributed by atoms with Crippen molar-refractivity contribution in [2.45, 2.75) is 44.9 Å². The van der Waals surface area contributed by atoms with Crippen LogP contribution in [0.3, 0.4) is 0 Å². The van der Waals surface area contributed by atoms with E-state index in [9.17, 15) is 25.9 Å². The fourth-order valence-corrected chi connectivity index (χ4v) is 6.22. The van der Waals surface area contributed by atoms with Gasteiger partial charge in [0, 0.05) is 24.1 Å². The number of fused-ring (bicyclic) bond motifs is 2. The molecule has 3 aromatic carbocycles. The second kappa shape index (κ2) is 13.4. The summed E-state index contributed by atoms with van der Waals surface area (Å²) in [5.74, 6) is 1.10. The Bertz CT molecular complexity index is 1990. The van der Waals surface area contributed by atoms with Crippen LogP contribution in [0.4, 0.5) is 5.69 Å². The highest BCUT2D eigenvalue weighted by atomic mass is 35.5. The first kappa shape index (κ1) is 32.7. The maximum atomic E-state index is 11.8. The lowest BCUT2D eigenvalue weighted by Crippen LogP contribution is -2.38. The number of anilines is 1. The molecule has 1 unspecified atom stereocenters. The van der Waals surface area contributed by atoms with Gasteiger partial charge in [-0.1, -0.05) is 54.9 Å². The molecule has 0 spiro atoms. The van der Waals surface area contributed by atoms with Gasteiger partial charge in [0.1, 0.15) is 0 Å². The standard InChI is InChI=1S/C32H33ClN2O8S2/c1-3-23(11-15-31-34(17-7-19-44(36,37)38)28-21-26(33)12-14-29(28)42-31)32-35(18-16-22(2)45(39,40)41)27-20-25(10-13-30(27)43-32)24-8-5-4-6-9-24/h4-6,8-15,20-22H,3,7,16-19H2,1-2H3,(H-,36,37,38,39,40,41)/p+1. The highest BCUT2D eigenvalue weighted by Gasteiger charge is 2.30. The van der Waals surface area contributed by atoms with E-state index in [1.807, 2.05) is 66.1 Å². The third-order valence-electron chi connectivity index (χ3n) is 7.64. The molecule has 0 saturated heterocycles. The molecule has 1 aromatic heterocycles. The lowest BCUT2D eigenvalue weighted by Gasteiger charge is -2.17. The van der Waals surface area contributed by atoms with Gasteiger partial charge in [0.2, 0.25) is 11.5 Å². The second-order valence-corrected chi connectivity index (χ2v) is 14.6. The molecule has 10 nitrogen and oxygen atoms in total. The van der Waals surface area contributed by atoms with Crippen molar-refractivity contribution in [3.63, 3.8) is 0 Å². The molecule has 238 valence electrons. The number of nitrogens with zero attached hydrogens (tertiary/aromatic N) is 2. The Morgan fingerprint density at radius 3 is 2.47 bits per heavy atom. The number of halogens is 1. The summed E-state index contributed by atoms with van der Waals surface area (Å²) < 4.78 is 79.6. The van der Waals surface area contributed by atoms with Crippen molar-refractivity contribution in [1.82, 2.24) is 0 Å². The largest absolute Gasteiger partial charge is 0.439 e. The number of aromatic nitrogens is 1. The average Bonchev–Trinajstić information content (AvgIpc) is 3.52. The molecule has 0 fully saturated rings. The van der Waals surface area contributed by atoms with Gasteiger partial charge < -0.3 is 14.1 Å². The summed E-state index contributed by atoms with van der Waals surface area (Å²) >= 11 is 6.24. The molecule has 5 rings (SSSR count). The molecule has 0 bridgehead atoms. The van der Waals surface area contributed by atoms with Crippen LogP contribution in [0.2, 0.25) is 5.02 Å². The first-order valence-electron chi connectivity index (χ1n) is 14.4. The number of oxazole rings is 1. The van der Waals surface area contributed by atoms with E-state index in [0.717, 1.165) is 22.2 Å². The van der Waals surface area contributed by atoms with Gasteiger partial charge in [-0.05, 0) is 67.3 Å². The van der Waals surface area contributed by atoms with Crippen LogP contribution in [0, 0.1) is 0 Å². The Hall–Kier alpha value is -3.68. The zero-order chi connectivity index (χ0) is 32.4. The SMILES string of the molecule is CCC(=CC=C1Oc2ccc(Cl)cc2N1CCCS(=O)(=O)O)c1oc2ccc(-c3ccccc3)cc2[n+]1CCC(C)S(=O)(=O)O. The van der Waals surface area contributed by atoms with Crippen molar-refractivity contribution in [1.29, 1.82) is 0 Å². The third-order valence-corrected chi connectivity index (χ3v) is 9.93. The monoisotopic (exact) mass is 673 g/mol. The van der Waals surface area contributed by atoms with Crippen LogP contribution in [-0.2, 0) is 26.8 Å². The molecule has 0 amide bonds. The van der Waals surface area contributed by atoms with Crippen molar-refractivity contribution in [2.75, 3.05) is 17.2 Å². The number of hydrogen-bond donors (Lipinski definition) is 2. The number of allylic oxidation sites excluding steroid dienone is 3. The number of benzene rings is 3. The van der Waals surface area contributed by atoms with Crippen LogP contribution >= 0.6 is 11.6 Å². The molecule has 45 heavy (non-hydrogen) atoms. The van der Waals surface area contributed by atoms with Crippen LogP contribution in [0.15, 0.2) is 89.2 Å². The minimum atomic E-state index is -4.23. The zero-order valence-corrected chi connectivity index (χ0v) is 27.1. The highest BCUT2D eigenvalue weighted by molar-refractivity contribution is 7.86. The van der Waals surface area contributed by atoms with Gasteiger partial charge in [0.25, 0.3) is 25.8 Å². The number of hydrogen-bond acceptors (Lipinski definition) is 7. The molecule has 1 aliphatic heterocycles. The number of aryl methyl sites for hydroxylation is 1. The highest BCUT2D eigenvalue weighted by Crippen LogP contribution is 2.41.